The van der Waals surface area contributed by atoms with Crippen LogP contribution >= 0.6 is 0 Å². The molecule has 0 amide bonds. The zero-order valence-corrected chi connectivity index (χ0v) is 14.4. The standard InChI is InChI=1S/C23H24O2/c24-22(15-7-2-8-16-22)23(25,20-11-3-1-4-12-20)21-14-13-18-9-5-6-10-19(18)17-21/h1,3-6,9-14,17,24-25H,2,7-8,15-16H2. The van der Waals surface area contributed by atoms with E-state index in [2.05, 4.69) is 12.1 Å². The highest BCUT2D eigenvalue weighted by Crippen LogP contribution is 2.47. The van der Waals surface area contributed by atoms with Crippen molar-refractivity contribution in [3.8, 4) is 0 Å². The summed E-state index contributed by atoms with van der Waals surface area (Å²) in [4.78, 5) is 0. The van der Waals surface area contributed by atoms with Gasteiger partial charge in [-0.3, -0.25) is 0 Å². The zero-order chi connectivity index (χ0) is 17.3. The minimum atomic E-state index is -1.40. The molecule has 2 nitrogen and oxygen atoms in total. The fourth-order valence-corrected chi connectivity index (χ4v) is 4.30. The predicted molar refractivity (Wildman–Crippen MR) is 101 cm³/mol. The van der Waals surface area contributed by atoms with Crippen LogP contribution in [0.1, 0.15) is 43.2 Å². The molecule has 4 rings (SSSR count). The summed E-state index contributed by atoms with van der Waals surface area (Å²) in [5.41, 5.74) is -1.02. The van der Waals surface area contributed by atoms with Gasteiger partial charge in [0.2, 0.25) is 0 Å². The van der Waals surface area contributed by atoms with Crippen molar-refractivity contribution in [3.63, 3.8) is 0 Å². The summed E-state index contributed by atoms with van der Waals surface area (Å²) >= 11 is 0. The van der Waals surface area contributed by atoms with Crippen molar-refractivity contribution >= 4 is 10.8 Å². The number of hydrogen-bond acceptors (Lipinski definition) is 2. The SMILES string of the molecule is OC1(C(O)(c2ccccc2)c2ccc3ccccc3c2)CCCCC1. The molecule has 1 saturated carbocycles. The highest BCUT2D eigenvalue weighted by molar-refractivity contribution is 5.83. The van der Waals surface area contributed by atoms with E-state index < -0.39 is 11.2 Å². The Labute approximate surface area is 148 Å². The summed E-state index contributed by atoms with van der Waals surface area (Å²) in [5.74, 6) is 0. The van der Waals surface area contributed by atoms with E-state index in [-0.39, 0.29) is 0 Å². The molecule has 3 aromatic carbocycles. The first-order chi connectivity index (χ1) is 12.1. The van der Waals surface area contributed by atoms with E-state index in [0.29, 0.717) is 12.8 Å². The van der Waals surface area contributed by atoms with E-state index in [1.807, 2.05) is 60.7 Å². The van der Waals surface area contributed by atoms with Crippen LogP contribution < -0.4 is 0 Å². The van der Waals surface area contributed by atoms with Gasteiger partial charge in [-0.1, -0.05) is 86.0 Å². The van der Waals surface area contributed by atoms with Gasteiger partial charge >= 0.3 is 0 Å². The van der Waals surface area contributed by atoms with Gasteiger partial charge in [-0.25, -0.2) is 0 Å². The van der Waals surface area contributed by atoms with Crippen molar-refractivity contribution in [3.05, 3.63) is 83.9 Å². The fourth-order valence-electron chi connectivity index (χ4n) is 4.30. The summed E-state index contributed by atoms with van der Waals surface area (Å²) in [6.45, 7) is 0. The second-order valence-corrected chi connectivity index (χ2v) is 7.23. The van der Waals surface area contributed by atoms with Crippen molar-refractivity contribution in [2.75, 3.05) is 0 Å². The van der Waals surface area contributed by atoms with Crippen LogP contribution in [0.3, 0.4) is 0 Å². The van der Waals surface area contributed by atoms with E-state index >= 15 is 0 Å². The molecule has 0 aromatic heterocycles. The summed E-state index contributed by atoms with van der Waals surface area (Å²) in [7, 11) is 0. The number of hydrogen-bond donors (Lipinski definition) is 2. The lowest BCUT2D eigenvalue weighted by Crippen LogP contribution is -2.53. The van der Waals surface area contributed by atoms with E-state index in [4.69, 9.17) is 0 Å². The number of aliphatic hydroxyl groups is 2. The minimum Gasteiger partial charge on any atom is -0.386 e. The van der Waals surface area contributed by atoms with Gasteiger partial charge < -0.3 is 10.2 Å². The first-order valence-electron chi connectivity index (χ1n) is 9.13. The molecule has 1 unspecified atom stereocenters. The maximum atomic E-state index is 11.9. The Morgan fingerprint density at radius 1 is 0.680 bits per heavy atom. The number of rotatable bonds is 3. The summed E-state index contributed by atoms with van der Waals surface area (Å²) in [5, 5.41) is 25.7. The van der Waals surface area contributed by atoms with Crippen LogP contribution in [0.15, 0.2) is 72.8 Å². The quantitative estimate of drug-likeness (QED) is 0.725. The monoisotopic (exact) mass is 332 g/mol. The second-order valence-electron chi connectivity index (χ2n) is 7.23. The van der Waals surface area contributed by atoms with Crippen LogP contribution in [0.2, 0.25) is 0 Å². The third kappa shape index (κ3) is 2.66. The maximum Gasteiger partial charge on any atom is 0.143 e. The van der Waals surface area contributed by atoms with Crippen molar-refractivity contribution in [2.45, 2.75) is 43.3 Å². The Balaban J connectivity index is 1.93. The Hall–Kier alpha value is -2.16. The molecular weight excluding hydrogens is 308 g/mol. The molecule has 0 radical (unpaired) electrons. The van der Waals surface area contributed by atoms with Gasteiger partial charge in [-0.15, -0.1) is 0 Å². The van der Waals surface area contributed by atoms with Gasteiger partial charge in [0.05, 0.1) is 0 Å². The van der Waals surface area contributed by atoms with Crippen LogP contribution in [0.25, 0.3) is 10.8 Å². The third-order valence-electron chi connectivity index (χ3n) is 5.71. The zero-order valence-electron chi connectivity index (χ0n) is 14.4. The normalized spacial score (nSPS) is 19.4. The lowest BCUT2D eigenvalue weighted by Gasteiger charge is -2.46. The van der Waals surface area contributed by atoms with Gasteiger partial charge in [-0.05, 0) is 40.8 Å². The molecule has 2 N–H and O–H groups in total. The molecule has 0 aliphatic heterocycles. The van der Waals surface area contributed by atoms with Gasteiger partial charge in [0.1, 0.15) is 11.2 Å². The van der Waals surface area contributed by atoms with E-state index in [0.717, 1.165) is 41.2 Å². The Morgan fingerprint density at radius 3 is 2.04 bits per heavy atom. The molecule has 0 spiro atoms. The molecule has 1 aliphatic rings. The fraction of sp³-hybridized carbons (Fsp3) is 0.304. The molecule has 1 fully saturated rings. The van der Waals surface area contributed by atoms with Gasteiger partial charge in [0.15, 0.2) is 0 Å². The van der Waals surface area contributed by atoms with Gasteiger partial charge in [0, 0.05) is 0 Å². The molecule has 0 bridgehead atoms. The molecule has 1 atom stereocenters. The first kappa shape index (κ1) is 16.3. The van der Waals surface area contributed by atoms with Crippen molar-refractivity contribution in [1.29, 1.82) is 0 Å². The lowest BCUT2D eigenvalue weighted by molar-refractivity contribution is -0.151. The van der Waals surface area contributed by atoms with Crippen LogP contribution in [-0.4, -0.2) is 15.8 Å². The van der Waals surface area contributed by atoms with Crippen LogP contribution in [0.5, 0.6) is 0 Å². The topological polar surface area (TPSA) is 40.5 Å². The summed E-state index contributed by atoms with van der Waals surface area (Å²) in [6, 6.07) is 23.8. The molecule has 1 aliphatic carbocycles. The van der Waals surface area contributed by atoms with E-state index in [1.165, 1.54) is 0 Å². The molecule has 2 heteroatoms. The Morgan fingerprint density at radius 2 is 1.32 bits per heavy atom. The smallest absolute Gasteiger partial charge is 0.143 e. The van der Waals surface area contributed by atoms with Crippen LogP contribution in [-0.2, 0) is 5.60 Å². The van der Waals surface area contributed by atoms with Crippen LogP contribution in [0.4, 0.5) is 0 Å². The Kier molecular flexibility index (Phi) is 4.10. The molecule has 25 heavy (non-hydrogen) atoms. The van der Waals surface area contributed by atoms with E-state index in [9.17, 15) is 10.2 Å². The molecule has 128 valence electrons. The average Bonchev–Trinajstić information content (AvgIpc) is 2.68. The number of fused-ring (bicyclic) bond motifs is 1. The van der Waals surface area contributed by atoms with E-state index in [1.54, 1.807) is 0 Å². The molecule has 3 aromatic rings. The molecular formula is C23H24O2. The van der Waals surface area contributed by atoms with Gasteiger partial charge in [0.25, 0.3) is 0 Å². The van der Waals surface area contributed by atoms with Gasteiger partial charge in [-0.2, -0.15) is 0 Å². The second kappa shape index (κ2) is 6.29. The van der Waals surface area contributed by atoms with Crippen molar-refractivity contribution in [2.24, 2.45) is 0 Å². The number of benzene rings is 3. The minimum absolute atomic E-state index is 0.616. The molecule has 0 saturated heterocycles. The summed E-state index contributed by atoms with van der Waals surface area (Å²) < 4.78 is 0. The maximum absolute atomic E-state index is 11.9. The molecule has 0 heterocycles. The summed E-state index contributed by atoms with van der Waals surface area (Å²) in [6.07, 6.45) is 4.24. The highest BCUT2D eigenvalue weighted by Gasteiger charge is 2.51. The third-order valence-corrected chi connectivity index (χ3v) is 5.71. The van der Waals surface area contributed by atoms with Crippen molar-refractivity contribution in [1.82, 2.24) is 0 Å². The Bertz CT molecular complexity index is 865. The largest absolute Gasteiger partial charge is 0.386 e. The van der Waals surface area contributed by atoms with Crippen molar-refractivity contribution < 1.29 is 10.2 Å². The highest BCUT2D eigenvalue weighted by atomic mass is 16.4. The lowest BCUT2D eigenvalue weighted by atomic mass is 9.66. The first-order valence-corrected chi connectivity index (χ1v) is 9.13. The van der Waals surface area contributed by atoms with Crippen LogP contribution in [0, 0.1) is 0 Å². The average molecular weight is 332 g/mol. The predicted octanol–water partition coefficient (Wildman–Crippen LogP) is 4.77.